The van der Waals surface area contributed by atoms with Gasteiger partial charge < -0.3 is 10.6 Å². The lowest BCUT2D eigenvalue weighted by molar-refractivity contribution is -0.184. The van der Waals surface area contributed by atoms with Gasteiger partial charge in [-0.1, -0.05) is 12.1 Å². The maximum absolute atomic E-state index is 13.3. The Labute approximate surface area is 150 Å². The third-order valence-corrected chi connectivity index (χ3v) is 4.18. The van der Waals surface area contributed by atoms with Gasteiger partial charge in [0.05, 0.1) is 5.92 Å². The predicted octanol–water partition coefficient (Wildman–Crippen LogP) is 2.30. The number of piperazine rings is 1. The van der Waals surface area contributed by atoms with Gasteiger partial charge >= 0.3 is 6.18 Å². The lowest BCUT2D eigenvalue weighted by atomic mass is 10.00. The van der Waals surface area contributed by atoms with E-state index in [-0.39, 0.29) is 25.5 Å². The number of nitrogens with zero attached hydrogens (tertiary/aromatic N) is 1. The first kappa shape index (κ1) is 21.7. The Kier molecular flexibility index (Phi) is 8.11. The Morgan fingerprint density at radius 1 is 1.32 bits per heavy atom. The van der Waals surface area contributed by atoms with Crippen molar-refractivity contribution in [2.45, 2.75) is 25.1 Å². The highest BCUT2D eigenvalue weighted by Gasteiger charge is 2.43. The number of hydrogen-bond donors (Lipinski definition) is 2. The standard InChI is InChI=1S/C16H21F4N3O.ClH/c1-11(12-3-2-4-13(17)9-12)15(24)22-10-14(16(18,19)20)23-7-5-21-6-8-23;/h2-4,9,11,14,21H,5-8,10H2,1H3,(H,22,24);1H. The van der Waals surface area contributed by atoms with E-state index < -0.39 is 36.4 Å². The molecular formula is C16H22ClF4N3O. The smallest absolute Gasteiger partial charge is 0.354 e. The third-order valence-electron chi connectivity index (χ3n) is 4.18. The number of carbonyl (C=O) groups excluding carboxylic acids is 1. The maximum Gasteiger partial charge on any atom is 0.405 e. The van der Waals surface area contributed by atoms with E-state index in [4.69, 9.17) is 0 Å². The average Bonchev–Trinajstić information content (AvgIpc) is 2.54. The van der Waals surface area contributed by atoms with E-state index in [2.05, 4.69) is 10.6 Å². The van der Waals surface area contributed by atoms with Gasteiger partial charge in [-0.25, -0.2) is 4.39 Å². The highest BCUT2D eigenvalue weighted by atomic mass is 35.5. The van der Waals surface area contributed by atoms with E-state index in [0.717, 1.165) is 0 Å². The Morgan fingerprint density at radius 3 is 2.52 bits per heavy atom. The molecule has 2 rings (SSSR count). The van der Waals surface area contributed by atoms with Gasteiger partial charge in [0.25, 0.3) is 0 Å². The Hall–Kier alpha value is -1.38. The molecule has 0 aliphatic carbocycles. The number of hydrogen-bond acceptors (Lipinski definition) is 3. The molecule has 0 radical (unpaired) electrons. The minimum Gasteiger partial charge on any atom is -0.354 e. The van der Waals surface area contributed by atoms with Crippen LogP contribution in [-0.4, -0.2) is 55.7 Å². The largest absolute Gasteiger partial charge is 0.405 e. The number of amides is 1. The minimum absolute atomic E-state index is 0. The third kappa shape index (κ3) is 6.13. The van der Waals surface area contributed by atoms with Crippen LogP contribution in [0.25, 0.3) is 0 Å². The quantitative estimate of drug-likeness (QED) is 0.767. The van der Waals surface area contributed by atoms with Crippen molar-refractivity contribution in [2.24, 2.45) is 0 Å². The normalized spacial score (nSPS) is 18.1. The van der Waals surface area contributed by atoms with E-state index >= 15 is 0 Å². The monoisotopic (exact) mass is 383 g/mol. The van der Waals surface area contributed by atoms with Crippen molar-refractivity contribution in [1.82, 2.24) is 15.5 Å². The molecule has 25 heavy (non-hydrogen) atoms. The van der Waals surface area contributed by atoms with Crippen LogP contribution in [0.5, 0.6) is 0 Å². The van der Waals surface area contributed by atoms with Crippen molar-refractivity contribution >= 4 is 18.3 Å². The summed E-state index contributed by atoms with van der Waals surface area (Å²) in [6.07, 6.45) is -4.42. The van der Waals surface area contributed by atoms with Crippen LogP contribution >= 0.6 is 12.4 Å². The second kappa shape index (κ2) is 9.35. The highest BCUT2D eigenvalue weighted by Crippen LogP contribution is 2.25. The zero-order valence-corrected chi connectivity index (χ0v) is 14.6. The molecule has 0 spiro atoms. The molecule has 1 aliphatic rings. The summed E-state index contributed by atoms with van der Waals surface area (Å²) in [5, 5.41) is 5.36. The van der Waals surface area contributed by atoms with Gasteiger partial charge in [0.15, 0.2) is 0 Å². The fourth-order valence-electron chi connectivity index (χ4n) is 2.72. The van der Waals surface area contributed by atoms with Crippen LogP contribution in [0, 0.1) is 5.82 Å². The second-order valence-corrected chi connectivity index (χ2v) is 5.87. The zero-order chi connectivity index (χ0) is 17.7. The number of carbonyl (C=O) groups is 1. The first-order valence-corrected chi connectivity index (χ1v) is 7.83. The minimum atomic E-state index is -4.42. The van der Waals surface area contributed by atoms with Crippen LogP contribution in [0.2, 0.25) is 0 Å². The summed E-state index contributed by atoms with van der Waals surface area (Å²) in [6, 6.07) is 3.78. The molecule has 9 heteroatoms. The fourth-order valence-corrected chi connectivity index (χ4v) is 2.72. The van der Waals surface area contributed by atoms with Crippen molar-refractivity contribution in [3.05, 3.63) is 35.6 Å². The SMILES string of the molecule is CC(C(=O)NCC(N1CCNCC1)C(F)(F)F)c1cccc(F)c1.Cl. The second-order valence-electron chi connectivity index (χ2n) is 5.87. The van der Waals surface area contributed by atoms with E-state index in [1.54, 1.807) is 6.07 Å². The lowest BCUT2D eigenvalue weighted by Gasteiger charge is -2.36. The van der Waals surface area contributed by atoms with Crippen molar-refractivity contribution in [3.63, 3.8) is 0 Å². The fraction of sp³-hybridized carbons (Fsp3) is 0.562. The predicted molar refractivity (Wildman–Crippen MR) is 89.4 cm³/mol. The van der Waals surface area contributed by atoms with Gasteiger partial charge in [0, 0.05) is 32.7 Å². The molecular weight excluding hydrogens is 362 g/mol. The summed E-state index contributed by atoms with van der Waals surface area (Å²) in [5.41, 5.74) is 0.429. The summed E-state index contributed by atoms with van der Waals surface area (Å²) < 4.78 is 53.0. The lowest BCUT2D eigenvalue weighted by Crippen LogP contribution is -2.57. The Morgan fingerprint density at radius 2 is 1.96 bits per heavy atom. The van der Waals surface area contributed by atoms with Crippen molar-refractivity contribution in [1.29, 1.82) is 0 Å². The number of halogens is 5. The number of rotatable bonds is 5. The molecule has 2 unspecified atom stereocenters. The summed E-state index contributed by atoms with van der Waals surface area (Å²) in [6.45, 7) is 2.55. The van der Waals surface area contributed by atoms with E-state index in [0.29, 0.717) is 18.7 Å². The average molecular weight is 384 g/mol. The first-order valence-electron chi connectivity index (χ1n) is 7.83. The molecule has 1 aliphatic heterocycles. The van der Waals surface area contributed by atoms with Crippen molar-refractivity contribution in [3.8, 4) is 0 Å². The van der Waals surface area contributed by atoms with E-state index in [1.165, 1.54) is 30.0 Å². The molecule has 0 aromatic heterocycles. The van der Waals surface area contributed by atoms with Crippen LogP contribution in [0.3, 0.4) is 0 Å². The Balaban J connectivity index is 0.00000312. The molecule has 1 fully saturated rings. The number of alkyl halides is 3. The topological polar surface area (TPSA) is 44.4 Å². The van der Waals surface area contributed by atoms with Gasteiger partial charge in [-0.15, -0.1) is 12.4 Å². The molecule has 1 amide bonds. The number of nitrogens with one attached hydrogen (secondary N) is 2. The van der Waals surface area contributed by atoms with E-state index in [9.17, 15) is 22.4 Å². The van der Waals surface area contributed by atoms with Crippen molar-refractivity contribution < 1.29 is 22.4 Å². The molecule has 1 saturated heterocycles. The first-order chi connectivity index (χ1) is 11.3. The van der Waals surface area contributed by atoms with Crippen LogP contribution < -0.4 is 10.6 Å². The summed E-state index contributed by atoms with van der Waals surface area (Å²) in [4.78, 5) is 13.5. The molecule has 1 heterocycles. The maximum atomic E-state index is 13.3. The molecule has 1 aromatic rings. The van der Waals surface area contributed by atoms with Gasteiger partial charge in [0.2, 0.25) is 5.91 Å². The number of benzene rings is 1. The molecule has 142 valence electrons. The van der Waals surface area contributed by atoms with Gasteiger partial charge in [0.1, 0.15) is 11.9 Å². The van der Waals surface area contributed by atoms with Crippen LogP contribution in [0.4, 0.5) is 17.6 Å². The zero-order valence-electron chi connectivity index (χ0n) is 13.8. The highest BCUT2D eigenvalue weighted by molar-refractivity contribution is 5.85. The van der Waals surface area contributed by atoms with E-state index in [1.807, 2.05) is 0 Å². The van der Waals surface area contributed by atoms with Gasteiger partial charge in [-0.05, 0) is 24.6 Å². The van der Waals surface area contributed by atoms with Gasteiger partial charge in [-0.3, -0.25) is 9.69 Å². The van der Waals surface area contributed by atoms with Crippen LogP contribution in [0.15, 0.2) is 24.3 Å². The van der Waals surface area contributed by atoms with Crippen LogP contribution in [-0.2, 0) is 4.79 Å². The summed E-state index contributed by atoms with van der Waals surface area (Å²) >= 11 is 0. The Bertz CT molecular complexity index is 565. The van der Waals surface area contributed by atoms with Crippen molar-refractivity contribution in [2.75, 3.05) is 32.7 Å². The molecule has 1 aromatic carbocycles. The molecule has 2 N–H and O–H groups in total. The molecule has 0 saturated carbocycles. The molecule has 2 atom stereocenters. The van der Waals surface area contributed by atoms with Gasteiger partial charge in [-0.2, -0.15) is 13.2 Å². The van der Waals surface area contributed by atoms with Crippen LogP contribution in [0.1, 0.15) is 18.4 Å². The summed E-state index contributed by atoms with van der Waals surface area (Å²) in [5.74, 6) is -1.76. The molecule has 4 nitrogen and oxygen atoms in total. The summed E-state index contributed by atoms with van der Waals surface area (Å²) in [7, 11) is 0. The molecule has 0 bridgehead atoms.